The zero-order valence-electron chi connectivity index (χ0n) is 15.4. The topological polar surface area (TPSA) is 21.3 Å². The maximum atomic E-state index is 6.52. The quantitative estimate of drug-likeness (QED) is 0.559. The second-order valence-corrected chi connectivity index (χ2v) is 7.91. The molecule has 5 rings (SSSR count). The minimum atomic E-state index is 0.0259. The minimum Gasteiger partial charge on any atom is -0.456 e. The summed E-state index contributed by atoms with van der Waals surface area (Å²) in [5, 5.41) is 0. The predicted octanol–water partition coefficient (Wildman–Crippen LogP) is 5.82. The van der Waals surface area contributed by atoms with Crippen molar-refractivity contribution in [3.63, 3.8) is 0 Å². The van der Waals surface area contributed by atoms with Crippen LogP contribution >= 0.6 is 0 Å². The van der Waals surface area contributed by atoms with Crippen LogP contribution in [-0.2, 0) is 12.6 Å². The first-order valence-corrected chi connectivity index (χ1v) is 9.57. The van der Waals surface area contributed by atoms with Gasteiger partial charge >= 0.3 is 0 Å². The monoisotopic (exact) mass is 334 g/mol. The van der Waals surface area contributed by atoms with Gasteiger partial charge in [-0.3, -0.25) is 0 Å². The summed E-state index contributed by atoms with van der Waals surface area (Å²) >= 11 is 0. The second kappa shape index (κ2) is 5.17. The summed E-state index contributed by atoms with van der Waals surface area (Å²) in [5.74, 6) is 1.24. The minimum absolute atomic E-state index is 0.0259. The second-order valence-electron chi connectivity index (χ2n) is 7.91. The molecule has 1 spiro atoms. The fraction of sp³-hybridized carbons (Fsp3) is 0.455. The molecule has 0 radical (unpaired) electrons. The van der Waals surface area contributed by atoms with E-state index in [0.29, 0.717) is 6.04 Å². The molecule has 1 aliphatic carbocycles. The van der Waals surface area contributed by atoms with E-state index in [1.165, 1.54) is 60.2 Å². The van der Waals surface area contributed by atoms with Crippen LogP contribution in [0.5, 0.6) is 0 Å². The van der Waals surface area contributed by atoms with Crippen LogP contribution in [0.4, 0.5) is 5.69 Å². The maximum Gasteiger partial charge on any atom is 0.152 e. The van der Waals surface area contributed by atoms with Crippen molar-refractivity contribution in [2.45, 2.75) is 57.5 Å². The summed E-state index contributed by atoms with van der Waals surface area (Å²) in [6, 6.07) is 11.3. The van der Waals surface area contributed by atoms with Crippen molar-refractivity contribution in [1.82, 2.24) is 4.57 Å². The van der Waals surface area contributed by atoms with E-state index in [9.17, 15) is 0 Å². The molecule has 130 valence electrons. The summed E-state index contributed by atoms with van der Waals surface area (Å²) < 4.78 is 8.75. The van der Waals surface area contributed by atoms with Crippen molar-refractivity contribution in [3.8, 4) is 0 Å². The number of nitrogens with zero attached hydrogens (tertiary/aromatic N) is 2. The van der Waals surface area contributed by atoms with Gasteiger partial charge in [-0.25, -0.2) is 0 Å². The zero-order valence-corrected chi connectivity index (χ0v) is 15.4. The van der Waals surface area contributed by atoms with Gasteiger partial charge in [-0.05, 0) is 44.4 Å². The summed E-state index contributed by atoms with van der Waals surface area (Å²) in [6.45, 7) is 4.59. The van der Waals surface area contributed by atoms with E-state index < -0.39 is 0 Å². The smallest absolute Gasteiger partial charge is 0.152 e. The van der Waals surface area contributed by atoms with Gasteiger partial charge in [0.1, 0.15) is 5.76 Å². The van der Waals surface area contributed by atoms with Gasteiger partial charge in [-0.15, -0.1) is 0 Å². The number of benzene rings is 1. The standard InChI is InChI=1S/C22H26N2O/c1-15-9-5-6-10-17(15)24-16(2)19-20-18(11-14-23(20)3)25-21(19)22(24)12-7-4-8-13-22/h5-6,9-11,14,16H,4,7-8,12-13H2,1-3H3. The normalized spacial score (nSPS) is 22.0. The van der Waals surface area contributed by atoms with Crippen molar-refractivity contribution in [3.05, 3.63) is 53.4 Å². The molecule has 0 N–H and O–H groups in total. The van der Waals surface area contributed by atoms with E-state index in [1.807, 2.05) is 0 Å². The van der Waals surface area contributed by atoms with Crippen LogP contribution in [0, 0.1) is 6.92 Å². The van der Waals surface area contributed by atoms with Gasteiger partial charge in [0.25, 0.3) is 0 Å². The molecular formula is C22H26N2O. The molecule has 3 heterocycles. The summed E-state index contributed by atoms with van der Waals surface area (Å²) in [5.41, 5.74) is 6.49. The maximum absolute atomic E-state index is 6.52. The lowest BCUT2D eigenvalue weighted by Gasteiger charge is -2.45. The molecule has 1 atom stereocenters. The van der Waals surface area contributed by atoms with Gasteiger partial charge in [-0.2, -0.15) is 0 Å². The predicted molar refractivity (Wildman–Crippen MR) is 102 cm³/mol. The molecule has 0 bridgehead atoms. The molecule has 1 aromatic carbocycles. The molecule has 25 heavy (non-hydrogen) atoms. The number of hydrogen-bond acceptors (Lipinski definition) is 2. The number of hydrogen-bond donors (Lipinski definition) is 0. The van der Waals surface area contributed by atoms with E-state index in [-0.39, 0.29) is 5.54 Å². The fourth-order valence-electron chi connectivity index (χ4n) is 5.40. The third kappa shape index (κ3) is 1.87. The lowest BCUT2D eigenvalue weighted by atomic mass is 9.79. The molecule has 1 saturated carbocycles. The van der Waals surface area contributed by atoms with E-state index in [2.05, 4.69) is 66.9 Å². The Bertz CT molecular complexity index is 942. The zero-order chi connectivity index (χ0) is 17.2. The first kappa shape index (κ1) is 15.1. The summed E-state index contributed by atoms with van der Waals surface area (Å²) in [4.78, 5) is 2.68. The Labute approximate surface area is 149 Å². The average Bonchev–Trinajstić information content (AvgIpc) is 3.23. The Morgan fingerprint density at radius 3 is 2.60 bits per heavy atom. The molecule has 1 aliphatic heterocycles. The first-order chi connectivity index (χ1) is 12.1. The first-order valence-electron chi connectivity index (χ1n) is 9.57. The average molecular weight is 334 g/mol. The van der Waals surface area contributed by atoms with E-state index in [4.69, 9.17) is 4.42 Å². The molecule has 0 saturated heterocycles. The largest absolute Gasteiger partial charge is 0.456 e. The molecule has 3 aromatic rings. The van der Waals surface area contributed by atoms with Crippen LogP contribution in [-0.4, -0.2) is 4.57 Å². The fourth-order valence-corrected chi connectivity index (χ4v) is 5.40. The summed E-state index contributed by atoms with van der Waals surface area (Å²) in [7, 11) is 2.13. The highest BCUT2D eigenvalue weighted by molar-refractivity contribution is 5.83. The lowest BCUT2D eigenvalue weighted by Crippen LogP contribution is -2.44. The van der Waals surface area contributed by atoms with Gasteiger partial charge < -0.3 is 13.9 Å². The van der Waals surface area contributed by atoms with Gasteiger partial charge in [0.05, 0.1) is 17.1 Å². The number of aryl methyl sites for hydroxylation is 2. The number of fused-ring (bicyclic) bond motifs is 4. The number of furan rings is 1. The van der Waals surface area contributed by atoms with Crippen LogP contribution in [0.1, 0.15) is 62.0 Å². The molecule has 1 unspecified atom stereocenters. The SMILES string of the molecule is Cc1ccccc1N1C(C)c2c(oc3ccn(C)c23)C12CCCCC2. The van der Waals surface area contributed by atoms with Crippen molar-refractivity contribution in [1.29, 1.82) is 0 Å². The highest BCUT2D eigenvalue weighted by Gasteiger charge is 2.53. The van der Waals surface area contributed by atoms with E-state index >= 15 is 0 Å². The molecular weight excluding hydrogens is 308 g/mol. The molecule has 2 aromatic heterocycles. The number of anilines is 1. The molecule has 3 heteroatoms. The van der Waals surface area contributed by atoms with E-state index in [1.54, 1.807) is 0 Å². The van der Waals surface area contributed by atoms with Crippen LogP contribution in [0.15, 0.2) is 40.9 Å². The Morgan fingerprint density at radius 2 is 1.84 bits per heavy atom. The van der Waals surface area contributed by atoms with Crippen molar-refractivity contribution in [2.24, 2.45) is 7.05 Å². The van der Waals surface area contributed by atoms with E-state index in [0.717, 1.165) is 5.58 Å². The van der Waals surface area contributed by atoms with Gasteiger partial charge in [0.2, 0.25) is 0 Å². The molecule has 1 fully saturated rings. The Balaban J connectivity index is 1.79. The van der Waals surface area contributed by atoms with Crippen molar-refractivity contribution >= 4 is 16.8 Å². The van der Waals surface area contributed by atoms with Crippen molar-refractivity contribution < 1.29 is 4.42 Å². The van der Waals surface area contributed by atoms with Crippen molar-refractivity contribution in [2.75, 3.05) is 4.90 Å². The third-order valence-corrected chi connectivity index (χ3v) is 6.49. The van der Waals surface area contributed by atoms with Gasteiger partial charge in [0.15, 0.2) is 5.58 Å². The van der Waals surface area contributed by atoms with Gasteiger partial charge in [-0.1, -0.05) is 37.5 Å². The number of para-hydroxylation sites is 1. The number of aromatic nitrogens is 1. The third-order valence-electron chi connectivity index (χ3n) is 6.49. The van der Waals surface area contributed by atoms with Crippen LogP contribution < -0.4 is 4.90 Å². The molecule has 0 amide bonds. The van der Waals surface area contributed by atoms with Gasteiger partial charge in [0, 0.05) is 24.5 Å². The highest BCUT2D eigenvalue weighted by atomic mass is 16.3. The number of rotatable bonds is 1. The lowest BCUT2D eigenvalue weighted by molar-refractivity contribution is 0.248. The van der Waals surface area contributed by atoms with Crippen LogP contribution in [0.2, 0.25) is 0 Å². The molecule has 3 nitrogen and oxygen atoms in total. The Morgan fingerprint density at radius 1 is 1.08 bits per heavy atom. The van der Waals surface area contributed by atoms with Crippen LogP contribution in [0.25, 0.3) is 11.1 Å². The van der Waals surface area contributed by atoms with Crippen LogP contribution in [0.3, 0.4) is 0 Å². The Hall–Kier alpha value is -2.16. The summed E-state index contributed by atoms with van der Waals surface area (Å²) in [6.07, 6.45) is 8.41. The Kier molecular flexibility index (Phi) is 3.13. The highest BCUT2D eigenvalue weighted by Crippen LogP contribution is 2.58. The molecule has 2 aliphatic rings.